The van der Waals surface area contributed by atoms with Crippen LogP contribution in [-0.4, -0.2) is 23.0 Å². The van der Waals surface area contributed by atoms with E-state index in [0.29, 0.717) is 19.5 Å². The van der Waals surface area contributed by atoms with E-state index in [2.05, 4.69) is 36.4 Å². The van der Waals surface area contributed by atoms with Crippen molar-refractivity contribution in [3.05, 3.63) is 16.6 Å². The second-order valence-corrected chi connectivity index (χ2v) is 5.61. The predicted molar refractivity (Wildman–Crippen MR) is 66.3 cm³/mol. The highest BCUT2D eigenvalue weighted by molar-refractivity contribution is 7.09. The first-order chi connectivity index (χ1) is 7.47. The van der Waals surface area contributed by atoms with Crippen molar-refractivity contribution in [2.24, 2.45) is 0 Å². The number of nitrogens with one attached hydrogen (secondary N) is 2. The van der Waals surface area contributed by atoms with Gasteiger partial charge in [0.05, 0.1) is 6.54 Å². The summed E-state index contributed by atoms with van der Waals surface area (Å²) in [5, 5.41) is 8.96. The van der Waals surface area contributed by atoms with Gasteiger partial charge in [0.2, 0.25) is 5.91 Å². The maximum atomic E-state index is 11.4. The minimum Gasteiger partial charge on any atom is -0.350 e. The molecule has 0 saturated carbocycles. The van der Waals surface area contributed by atoms with Gasteiger partial charge in [-0.3, -0.25) is 4.79 Å². The molecular weight excluding hydrogens is 222 g/mol. The fourth-order valence-electron chi connectivity index (χ4n) is 1.15. The first kappa shape index (κ1) is 13.1. The molecule has 16 heavy (non-hydrogen) atoms. The lowest BCUT2D eigenvalue weighted by Gasteiger charge is -2.20. The molecular formula is C11H19N3OS. The van der Waals surface area contributed by atoms with Crippen molar-refractivity contribution in [3.63, 3.8) is 0 Å². The van der Waals surface area contributed by atoms with Gasteiger partial charge in [0, 0.05) is 30.1 Å². The number of rotatable bonds is 5. The molecule has 0 aliphatic rings. The third-order valence-electron chi connectivity index (χ3n) is 1.93. The summed E-state index contributed by atoms with van der Waals surface area (Å²) in [7, 11) is 0. The van der Waals surface area contributed by atoms with Crippen molar-refractivity contribution in [2.45, 2.75) is 39.3 Å². The Morgan fingerprint density at radius 1 is 1.50 bits per heavy atom. The van der Waals surface area contributed by atoms with Crippen LogP contribution in [0.3, 0.4) is 0 Å². The molecule has 0 fully saturated rings. The minimum atomic E-state index is 0.0620. The van der Waals surface area contributed by atoms with Gasteiger partial charge in [-0.25, -0.2) is 4.98 Å². The molecule has 0 radical (unpaired) electrons. The molecule has 1 amide bonds. The maximum Gasteiger partial charge on any atom is 0.221 e. The summed E-state index contributed by atoms with van der Waals surface area (Å²) in [6.07, 6.45) is 2.25. The van der Waals surface area contributed by atoms with Gasteiger partial charge in [-0.15, -0.1) is 11.3 Å². The van der Waals surface area contributed by atoms with E-state index in [-0.39, 0.29) is 11.4 Å². The average Bonchev–Trinajstić information content (AvgIpc) is 2.65. The highest BCUT2D eigenvalue weighted by atomic mass is 32.1. The van der Waals surface area contributed by atoms with Crippen LogP contribution in [0.5, 0.6) is 0 Å². The summed E-state index contributed by atoms with van der Waals surface area (Å²) in [4.78, 5) is 15.5. The Hall–Kier alpha value is -0.940. The molecule has 0 atom stereocenters. The molecule has 0 spiro atoms. The summed E-state index contributed by atoms with van der Waals surface area (Å²) in [5.41, 5.74) is 0.0651. The van der Waals surface area contributed by atoms with Crippen LogP contribution in [0.4, 0.5) is 0 Å². The molecule has 1 aromatic heterocycles. The van der Waals surface area contributed by atoms with Crippen molar-refractivity contribution in [3.8, 4) is 0 Å². The van der Waals surface area contributed by atoms with E-state index in [1.807, 2.05) is 5.38 Å². The fraction of sp³-hybridized carbons (Fsp3) is 0.636. The third kappa shape index (κ3) is 5.82. The Morgan fingerprint density at radius 2 is 2.25 bits per heavy atom. The molecule has 0 aromatic carbocycles. The van der Waals surface area contributed by atoms with Crippen molar-refractivity contribution < 1.29 is 4.79 Å². The fourth-order valence-corrected chi connectivity index (χ4v) is 1.71. The molecule has 0 unspecified atom stereocenters. The zero-order chi connectivity index (χ0) is 12.0. The number of hydrogen-bond donors (Lipinski definition) is 2. The van der Waals surface area contributed by atoms with Gasteiger partial charge in [-0.05, 0) is 20.8 Å². The Balaban J connectivity index is 2.12. The molecule has 1 heterocycles. The summed E-state index contributed by atoms with van der Waals surface area (Å²) >= 11 is 1.55. The first-order valence-corrected chi connectivity index (χ1v) is 6.25. The van der Waals surface area contributed by atoms with Gasteiger partial charge < -0.3 is 10.6 Å². The van der Waals surface area contributed by atoms with E-state index in [4.69, 9.17) is 0 Å². The van der Waals surface area contributed by atoms with Crippen molar-refractivity contribution in [1.29, 1.82) is 0 Å². The minimum absolute atomic E-state index is 0.0620. The van der Waals surface area contributed by atoms with E-state index >= 15 is 0 Å². The molecule has 1 rings (SSSR count). The number of thiazole rings is 1. The first-order valence-electron chi connectivity index (χ1n) is 5.37. The van der Waals surface area contributed by atoms with Crippen LogP contribution in [0.2, 0.25) is 0 Å². The Labute approximate surface area is 100 Å². The topological polar surface area (TPSA) is 54.0 Å². The monoisotopic (exact) mass is 241 g/mol. The molecule has 1 aromatic rings. The lowest BCUT2D eigenvalue weighted by atomic mass is 10.1. The third-order valence-corrected chi connectivity index (χ3v) is 2.71. The number of hydrogen-bond acceptors (Lipinski definition) is 4. The highest BCUT2D eigenvalue weighted by Crippen LogP contribution is 2.02. The van der Waals surface area contributed by atoms with Gasteiger partial charge >= 0.3 is 0 Å². The summed E-state index contributed by atoms with van der Waals surface area (Å²) in [5.74, 6) is 0.0620. The standard InChI is InChI=1S/C11H19N3OS/c1-11(2,3)14-5-4-9(15)13-8-10-12-6-7-16-10/h6-7,14H,4-5,8H2,1-3H3,(H,13,15). The average molecular weight is 241 g/mol. The Kier molecular flexibility index (Phi) is 4.89. The van der Waals surface area contributed by atoms with Crippen molar-refractivity contribution >= 4 is 17.2 Å². The van der Waals surface area contributed by atoms with E-state index in [9.17, 15) is 4.79 Å². The predicted octanol–water partition coefficient (Wildman–Crippen LogP) is 1.54. The van der Waals surface area contributed by atoms with Crippen molar-refractivity contribution in [2.75, 3.05) is 6.54 Å². The second kappa shape index (κ2) is 5.96. The van der Waals surface area contributed by atoms with Gasteiger partial charge in [-0.1, -0.05) is 0 Å². The van der Waals surface area contributed by atoms with Crippen LogP contribution in [0.25, 0.3) is 0 Å². The van der Waals surface area contributed by atoms with E-state index in [1.165, 1.54) is 0 Å². The quantitative estimate of drug-likeness (QED) is 0.822. The van der Waals surface area contributed by atoms with E-state index < -0.39 is 0 Å². The van der Waals surface area contributed by atoms with Gasteiger partial charge in [0.1, 0.15) is 5.01 Å². The lowest BCUT2D eigenvalue weighted by Crippen LogP contribution is -2.38. The molecule has 0 bridgehead atoms. The van der Waals surface area contributed by atoms with Crippen molar-refractivity contribution in [1.82, 2.24) is 15.6 Å². The Bertz CT molecular complexity index is 316. The molecule has 90 valence electrons. The van der Waals surface area contributed by atoms with Crippen LogP contribution < -0.4 is 10.6 Å². The maximum absolute atomic E-state index is 11.4. The Morgan fingerprint density at radius 3 is 2.81 bits per heavy atom. The highest BCUT2D eigenvalue weighted by Gasteiger charge is 2.09. The number of aromatic nitrogens is 1. The van der Waals surface area contributed by atoms with Gasteiger partial charge in [0.25, 0.3) is 0 Å². The van der Waals surface area contributed by atoms with E-state index in [1.54, 1.807) is 17.5 Å². The molecule has 2 N–H and O–H groups in total. The van der Waals surface area contributed by atoms with E-state index in [0.717, 1.165) is 5.01 Å². The van der Waals surface area contributed by atoms with Crippen LogP contribution in [0.1, 0.15) is 32.2 Å². The largest absolute Gasteiger partial charge is 0.350 e. The SMILES string of the molecule is CC(C)(C)NCCC(=O)NCc1nccs1. The molecule has 0 aliphatic carbocycles. The summed E-state index contributed by atoms with van der Waals surface area (Å²) < 4.78 is 0. The lowest BCUT2D eigenvalue weighted by molar-refractivity contribution is -0.121. The van der Waals surface area contributed by atoms with Gasteiger partial charge in [-0.2, -0.15) is 0 Å². The van der Waals surface area contributed by atoms with Crippen LogP contribution >= 0.6 is 11.3 Å². The zero-order valence-electron chi connectivity index (χ0n) is 10.0. The molecule has 4 nitrogen and oxygen atoms in total. The number of carbonyl (C=O) groups excluding carboxylic acids is 1. The zero-order valence-corrected chi connectivity index (χ0v) is 10.9. The number of amides is 1. The van der Waals surface area contributed by atoms with Gasteiger partial charge in [0.15, 0.2) is 0 Å². The second-order valence-electron chi connectivity index (χ2n) is 4.63. The van der Waals surface area contributed by atoms with Crippen LogP contribution in [0, 0.1) is 0 Å². The molecule has 0 saturated heterocycles. The summed E-state index contributed by atoms with van der Waals surface area (Å²) in [6.45, 7) is 7.49. The molecule has 0 aliphatic heterocycles. The smallest absolute Gasteiger partial charge is 0.221 e. The summed E-state index contributed by atoms with van der Waals surface area (Å²) in [6, 6.07) is 0. The van der Waals surface area contributed by atoms with Crippen LogP contribution in [0.15, 0.2) is 11.6 Å². The molecule has 5 heteroatoms. The van der Waals surface area contributed by atoms with Crippen LogP contribution in [-0.2, 0) is 11.3 Å². The number of nitrogens with zero attached hydrogens (tertiary/aromatic N) is 1. The normalized spacial score (nSPS) is 11.4. The number of carbonyl (C=O) groups is 1.